The fraction of sp³-hybridized carbons (Fsp3) is 0.316. The Bertz CT molecular complexity index is 755. The Kier molecular flexibility index (Phi) is 3.55. The van der Waals surface area contributed by atoms with Gasteiger partial charge < -0.3 is 4.90 Å². The predicted octanol–water partition coefficient (Wildman–Crippen LogP) is 3.95. The fourth-order valence-corrected chi connectivity index (χ4v) is 3.33. The number of hydrogen-bond acceptors (Lipinski definition) is 2. The second-order valence-corrected chi connectivity index (χ2v) is 6.08. The van der Waals surface area contributed by atoms with Crippen LogP contribution in [0.15, 0.2) is 48.5 Å². The zero-order valence-electron chi connectivity index (χ0n) is 12.8. The van der Waals surface area contributed by atoms with Crippen molar-refractivity contribution in [2.45, 2.75) is 25.7 Å². The molecule has 1 N–H and O–H groups in total. The molecule has 0 atom stereocenters. The summed E-state index contributed by atoms with van der Waals surface area (Å²) in [5.74, 6) is 0. The number of H-pyrrole nitrogens is 1. The van der Waals surface area contributed by atoms with Crippen LogP contribution in [-0.4, -0.2) is 23.3 Å². The molecule has 3 heteroatoms. The number of benzene rings is 2. The van der Waals surface area contributed by atoms with Crippen LogP contribution in [0.5, 0.6) is 0 Å². The van der Waals surface area contributed by atoms with Crippen molar-refractivity contribution in [3.8, 4) is 0 Å². The van der Waals surface area contributed by atoms with Crippen molar-refractivity contribution >= 4 is 16.6 Å². The molecular weight excluding hydrogens is 270 g/mol. The topological polar surface area (TPSA) is 31.9 Å². The average molecular weight is 291 g/mol. The number of aryl methyl sites for hydroxylation is 2. The molecule has 0 aliphatic carbocycles. The summed E-state index contributed by atoms with van der Waals surface area (Å²) in [5, 5.41) is 9.01. The number of rotatable bonds is 4. The summed E-state index contributed by atoms with van der Waals surface area (Å²) in [6.07, 6.45) is 4.66. The molecule has 4 rings (SSSR count). The lowest BCUT2D eigenvalue weighted by Gasteiger charge is -2.17. The van der Waals surface area contributed by atoms with E-state index in [1.807, 2.05) is 0 Å². The van der Waals surface area contributed by atoms with E-state index in [1.54, 1.807) is 0 Å². The highest BCUT2D eigenvalue weighted by Gasteiger charge is 2.14. The SMILES string of the molecule is c1ccc(CCc2[nH]nc3cc(N4CCCC4)ccc23)cc1. The van der Waals surface area contributed by atoms with Crippen LogP contribution in [-0.2, 0) is 12.8 Å². The van der Waals surface area contributed by atoms with Crippen LogP contribution >= 0.6 is 0 Å². The Balaban J connectivity index is 1.55. The molecule has 1 aliphatic heterocycles. The minimum absolute atomic E-state index is 1.00. The lowest BCUT2D eigenvalue weighted by molar-refractivity contribution is 0.901. The summed E-state index contributed by atoms with van der Waals surface area (Å²) < 4.78 is 0. The summed E-state index contributed by atoms with van der Waals surface area (Å²) in [6.45, 7) is 2.35. The summed E-state index contributed by atoms with van der Waals surface area (Å²) in [6, 6.07) is 17.3. The van der Waals surface area contributed by atoms with Gasteiger partial charge in [0.2, 0.25) is 0 Å². The number of anilines is 1. The summed E-state index contributed by atoms with van der Waals surface area (Å²) in [7, 11) is 0. The molecule has 3 nitrogen and oxygen atoms in total. The van der Waals surface area contributed by atoms with Gasteiger partial charge in [0.1, 0.15) is 0 Å². The van der Waals surface area contributed by atoms with Crippen LogP contribution in [0.3, 0.4) is 0 Å². The van der Waals surface area contributed by atoms with Crippen LogP contribution in [0.4, 0.5) is 5.69 Å². The van der Waals surface area contributed by atoms with Gasteiger partial charge in [-0.25, -0.2) is 0 Å². The quantitative estimate of drug-likeness (QED) is 0.789. The van der Waals surface area contributed by atoms with E-state index >= 15 is 0 Å². The molecule has 2 aromatic carbocycles. The van der Waals surface area contributed by atoms with Gasteiger partial charge in [0, 0.05) is 29.9 Å². The largest absolute Gasteiger partial charge is 0.371 e. The van der Waals surface area contributed by atoms with Gasteiger partial charge in [0.15, 0.2) is 0 Å². The van der Waals surface area contributed by atoms with E-state index in [0.29, 0.717) is 0 Å². The fourth-order valence-electron chi connectivity index (χ4n) is 3.33. The van der Waals surface area contributed by atoms with Gasteiger partial charge in [0.05, 0.1) is 5.52 Å². The first-order valence-electron chi connectivity index (χ1n) is 8.16. The Labute approximate surface area is 131 Å². The second-order valence-electron chi connectivity index (χ2n) is 6.08. The maximum Gasteiger partial charge on any atom is 0.0944 e. The van der Waals surface area contributed by atoms with Crippen molar-refractivity contribution in [3.05, 3.63) is 59.8 Å². The molecule has 0 bridgehead atoms. The molecule has 0 saturated carbocycles. The van der Waals surface area contributed by atoms with Crippen molar-refractivity contribution in [1.82, 2.24) is 10.2 Å². The maximum absolute atomic E-state index is 4.51. The highest BCUT2D eigenvalue weighted by molar-refractivity contribution is 5.84. The van der Waals surface area contributed by atoms with Crippen molar-refractivity contribution in [2.75, 3.05) is 18.0 Å². The number of nitrogens with zero attached hydrogens (tertiary/aromatic N) is 2. The molecule has 0 radical (unpaired) electrons. The van der Waals surface area contributed by atoms with Crippen molar-refractivity contribution in [2.24, 2.45) is 0 Å². The molecule has 0 amide bonds. The minimum atomic E-state index is 1.00. The highest BCUT2D eigenvalue weighted by atomic mass is 15.2. The summed E-state index contributed by atoms with van der Waals surface area (Å²) in [5.41, 5.74) is 5.02. The molecular formula is C19H21N3. The van der Waals surface area contributed by atoms with Gasteiger partial charge in [-0.2, -0.15) is 5.10 Å². The average Bonchev–Trinajstić information content (AvgIpc) is 3.23. The van der Waals surface area contributed by atoms with Crippen LogP contribution in [0.1, 0.15) is 24.1 Å². The third-order valence-corrected chi connectivity index (χ3v) is 4.60. The smallest absolute Gasteiger partial charge is 0.0944 e. The Morgan fingerprint density at radius 2 is 1.77 bits per heavy atom. The molecule has 0 unspecified atom stereocenters. The van der Waals surface area contributed by atoms with Gasteiger partial charge in [0.25, 0.3) is 0 Å². The number of aromatic amines is 1. The second kappa shape index (κ2) is 5.84. The maximum atomic E-state index is 4.51. The molecule has 0 spiro atoms. The Hall–Kier alpha value is -2.29. The van der Waals surface area contributed by atoms with Crippen LogP contribution in [0, 0.1) is 0 Å². The predicted molar refractivity (Wildman–Crippen MR) is 91.4 cm³/mol. The van der Waals surface area contributed by atoms with E-state index in [9.17, 15) is 0 Å². The highest BCUT2D eigenvalue weighted by Crippen LogP contribution is 2.26. The standard InChI is InChI=1S/C19H21N3/c1-2-6-15(7-3-1)8-11-18-17-10-9-16(14-19(17)21-20-18)22-12-4-5-13-22/h1-3,6-7,9-10,14H,4-5,8,11-13H2,(H,20,21). The minimum Gasteiger partial charge on any atom is -0.371 e. The van der Waals surface area contributed by atoms with Crippen LogP contribution in [0.25, 0.3) is 10.9 Å². The van der Waals surface area contributed by atoms with Crippen molar-refractivity contribution < 1.29 is 0 Å². The molecule has 1 saturated heterocycles. The van der Waals surface area contributed by atoms with Gasteiger partial charge in [-0.1, -0.05) is 30.3 Å². The van der Waals surface area contributed by atoms with E-state index in [0.717, 1.165) is 18.4 Å². The molecule has 1 fully saturated rings. The summed E-state index contributed by atoms with van der Waals surface area (Å²) in [4.78, 5) is 2.46. The first-order valence-corrected chi connectivity index (χ1v) is 8.16. The zero-order chi connectivity index (χ0) is 14.8. The van der Waals surface area contributed by atoms with E-state index < -0.39 is 0 Å². The number of hydrogen-bond donors (Lipinski definition) is 1. The number of nitrogens with one attached hydrogen (secondary N) is 1. The molecule has 112 valence electrons. The third kappa shape index (κ3) is 2.59. The van der Waals surface area contributed by atoms with Crippen molar-refractivity contribution in [3.63, 3.8) is 0 Å². The van der Waals surface area contributed by atoms with E-state index in [1.165, 1.54) is 48.3 Å². The van der Waals surface area contributed by atoms with E-state index in [-0.39, 0.29) is 0 Å². The molecule has 2 heterocycles. The van der Waals surface area contributed by atoms with Gasteiger partial charge in [-0.05, 0) is 49.4 Å². The summed E-state index contributed by atoms with van der Waals surface area (Å²) >= 11 is 0. The third-order valence-electron chi connectivity index (χ3n) is 4.60. The van der Waals surface area contributed by atoms with Crippen molar-refractivity contribution in [1.29, 1.82) is 0 Å². The normalized spacial score (nSPS) is 14.8. The van der Waals surface area contributed by atoms with Gasteiger partial charge in [-0.3, -0.25) is 5.10 Å². The first-order chi connectivity index (χ1) is 10.9. The Morgan fingerprint density at radius 3 is 2.59 bits per heavy atom. The molecule has 3 aromatic rings. The monoisotopic (exact) mass is 291 g/mol. The molecule has 22 heavy (non-hydrogen) atoms. The van der Waals surface area contributed by atoms with E-state index in [2.05, 4.69) is 63.6 Å². The first kappa shape index (κ1) is 13.4. The number of fused-ring (bicyclic) bond motifs is 1. The van der Waals surface area contributed by atoms with E-state index in [4.69, 9.17) is 0 Å². The van der Waals surface area contributed by atoms with Gasteiger partial charge >= 0.3 is 0 Å². The molecule has 1 aromatic heterocycles. The zero-order valence-corrected chi connectivity index (χ0v) is 12.8. The number of aromatic nitrogens is 2. The molecule has 1 aliphatic rings. The Morgan fingerprint density at radius 1 is 0.955 bits per heavy atom. The van der Waals surface area contributed by atoms with Gasteiger partial charge in [-0.15, -0.1) is 0 Å². The van der Waals surface area contributed by atoms with Crippen LogP contribution in [0.2, 0.25) is 0 Å². The van der Waals surface area contributed by atoms with Crippen LogP contribution < -0.4 is 4.90 Å². The lowest BCUT2D eigenvalue weighted by Crippen LogP contribution is -2.17. The lowest BCUT2D eigenvalue weighted by atomic mass is 10.1.